The zero-order chi connectivity index (χ0) is 12.6. The lowest BCUT2D eigenvalue weighted by molar-refractivity contribution is 0.256. The molecule has 3 heteroatoms. The van der Waals surface area contributed by atoms with Gasteiger partial charge in [-0.05, 0) is 58.9 Å². The standard InChI is InChI=1S/C13H31N3/c1-12(2)10-13(11-14)6-7-16(5)9-8-15(3)4/h12-13H,6-11,14H2,1-5H3. The SMILES string of the molecule is CC(C)CC(CN)CCN(C)CCN(C)C. The highest BCUT2D eigenvalue weighted by atomic mass is 15.1. The number of nitrogens with two attached hydrogens (primary N) is 1. The van der Waals surface area contributed by atoms with Gasteiger partial charge in [0.25, 0.3) is 0 Å². The highest BCUT2D eigenvalue weighted by Gasteiger charge is 2.10. The predicted molar refractivity (Wildman–Crippen MR) is 72.7 cm³/mol. The van der Waals surface area contributed by atoms with Crippen LogP contribution in [0.5, 0.6) is 0 Å². The van der Waals surface area contributed by atoms with Gasteiger partial charge < -0.3 is 15.5 Å². The molecule has 0 saturated carbocycles. The second-order valence-corrected chi connectivity index (χ2v) is 5.63. The molecule has 0 bridgehead atoms. The van der Waals surface area contributed by atoms with Gasteiger partial charge in [-0.2, -0.15) is 0 Å². The summed E-state index contributed by atoms with van der Waals surface area (Å²) in [5.41, 5.74) is 5.80. The molecule has 0 radical (unpaired) electrons. The van der Waals surface area contributed by atoms with Crippen molar-refractivity contribution in [3.05, 3.63) is 0 Å². The molecule has 0 aliphatic heterocycles. The Morgan fingerprint density at radius 2 is 1.62 bits per heavy atom. The van der Waals surface area contributed by atoms with Crippen molar-refractivity contribution in [2.24, 2.45) is 17.6 Å². The molecular formula is C13H31N3. The van der Waals surface area contributed by atoms with E-state index in [1.54, 1.807) is 0 Å². The molecule has 0 saturated heterocycles. The van der Waals surface area contributed by atoms with Crippen LogP contribution in [0.1, 0.15) is 26.7 Å². The summed E-state index contributed by atoms with van der Waals surface area (Å²) in [7, 11) is 6.44. The van der Waals surface area contributed by atoms with Crippen LogP contribution in [0.2, 0.25) is 0 Å². The molecule has 0 amide bonds. The van der Waals surface area contributed by atoms with Gasteiger partial charge in [-0.25, -0.2) is 0 Å². The number of hydrogen-bond acceptors (Lipinski definition) is 3. The Bertz CT molecular complexity index is 157. The molecule has 98 valence electrons. The fourth-order valence-electron chi connectivity index (χ4n) is 1.88. The highest BCUT2D eigenvalue weighted by Crippen LogP contribution is 2.14. The summed E-state index contributed by atoms with van der Waals surface area (Å²) < 4.78 is 0. The van der Waals surface area contributed by atoms with Crippen LogP contribution in [0.3, 0.4) is 0 Å². The lowest BCUT2D eigenvalue weighted by Crippen LogP contribution is -2.31. The van der Waals surface area contributed by atoms with E-state index in [0.29, 0.717) is 5.92 Å². The molecule has 0 rings (SSSR count). The van der Waals surface area contributed by atoms with E-state index < -0.39 is 0 Å². The quantitative estimate of drug-likeness (QED) is 0.650. The van der Waals surface area contributed by atoms with E-state index in [2.05, 4.69) is 44.8 Å². The van der Waals surface area contributed by atoms with E-state index in [1.807, 2.05) is 0 Å². The van der Waals surface area contributed by atoms with E-state index in [4.69, 9.17) is 5.73 Å². The van der Waals surface area contributed by atoms with Crippen LogP contribution < -0.4 is 5.73 Å². The molecule has 0 aromatic rings. The Morgan fingerprint density at radius 1 is 1.00 bits per heavy atom. The van der Waals surface area contributed by atoms with Crippen LogP contribution in [-0.4, -0.2) is 57.1 Å². The van der Waals surface area contributed by atoms with E-state index in [9.17, 15) is 0 Å². The summed E-state index contributed by atoms with van der Waals surface area (Å²) in [6, 6.07) is 0. The van der Waals surface area contributed by atoms with Crippen molar-refractivity contribution in [3.8, 4) is 0 Å². The number of nitrogens with zero attached hydrogens (tertiary/aromatic N) is 2. The number of likely N-dealkylation sites (N-methyl/N-ethyl adjacent to an activating group) is 2. The van der Waals surface area contributed by atoms with Gasteiger partial charge in [-0.15, -0.1) is 0 Å². The third-order valence-corrected chi connectivity index (χ3v) is 2.99. The summed E-state index contributed by atoms with van der Waals surface area (Å²) in [4.78, 5) is 4.63. The van der Waals surface area contributed by atoms with Crippen LogP contribution in [-0.2, 0) is 0 Å². The maximum absolute atomic E-state index is 5.80. The molecule has 0 heterocycles. The molecular weight excluding hydrogens is 198 g/mol. The Morgan fingerprint density at radius 3 is 2.06 bits per heavy atom. The average Bonchev–Trinajstić information content (AvgIpc) is 2.20. The highest BCUT2D eigenvalue weighted by molar-refractivity contribution is 4.65. The minimum Gasteiger partial charge on any atom is -0.330 e. The van der Waals surface area contributed by atoms with Crippen molar-refractivity contribution in [2.75, 3.05) is 47.3 Å². The largest absolute Gasteiger partial charge is 0.330 e. The second kappa shape index (κ2) is 8.97. The molecule has 0 aromatic heterocycles. The van der Waals surface area contributed by atoms with Gasteiger partial charge in [-0.3, -0.25) is 0 Å². The zero-order valence-corrected chi connectivity index (χ0v) is 11.9. The lowest BCUT2D eigenvalue weighted by atomic mass is 9.94. The smallest absolute Gasteiger partial charge is 0.0106 e. The molecule has 0 spiro atoms. The van der Waals surface area contributed by atoms with Crippen LogP contribution in [0.25, 0.3) is 0 Å². The van der Waals surface area contributed by atoms with Crippen molar-refractivity contribution in [3.63, 3.8) is 0 Å². The lowest BCUT2D eigenvalue weighted by Gasteiger charge is -2.23. The Kier molecular flexibility index (Phi) is 8.90. The third-order valence-electron chi connectivity index (χ3n) is 2.99. The van der Waals surface area contributed by atoms with Gasteiger partial charge in [0.2, 0.25) is 0 Å². The van der Waals surface area contributed by atoms with Crippen molar-refractivity contribution in [1.29, 1.82) is 0 Å². The molecule has 0 aliphatic rings. The summed E-state index contributed by atoms with van der Waals surface area (Å²) in [6.45, 7) is 8.83. The molecule has 2 N–H and O–H groups in total. The van der Waals surface area contributed by atoms with Gasteiger partial charge in [-0.1, -0.05) is 13.8 Å². The topological polar surface area (TPSA) is 32.5 Å². The first-order valence-corrected chi connectivity index (χ1v) is 6.49. The number of hydrogen-bond donors (Lipinski definition) is 1. The zero-order valence-electron chi connectivity index (χ0n) is 11.9. The predicted octanol–water partition coefficient (Wildman–Crippen LogP) is 1.49. The Balaban J connectivity index is 3.66. The van der Waals surface area contributed by atoms with Gasteiger partial charge >= 0.3 is 0 Å². The van der Waals surface area contributed by atoms with E-state index in [-0.39, 0.29) is 0 Å². The summed E-state index contributed by atoms with van der Waals surface area (Å²) in [5, 5.41) is 0. The van der Waals surface area contributed by atoms with Gasteiger partial charge in [0, 0.05) is 13.1 Å². The van der Waals surface area contributed by atoms with Crippen LogP contribution in [0.15, 0.2) is 0 Å². The second-order valence-electron chi connectivity index (χ2n) is 5.63. The van der Waals surface area contributed by atoms with Gasteiger partial charge in [0.1, 0.15) is 0 Å². The molecule has 0 aliphatic carbocycles. The minimum atomic E-state index is 0.696. The summed E-state index contributed by atoms with van der Waals surface area (Å²) >= 11 is 0. The molecule has 1 unspecified atom stereocenters. The van der Waals surface area contributed by atoms with Crippen LogP contribution in [0, 0.1) is 11.8 Å². The minimum absolute atomic E-state index is 0.696. The Hall–Kier alpha value is -0.120. The number of rotatable bonds is 9. The van der Waals surface area contributed by atoms with Crippen molar-refractivity contribution < 1.29 is 0 Å². The van der Waals surface area contributed by atoms with Crippen LogP contribution in [0.4, 0.5) is 0 Å². The van der Waals surface area contributed by atoms with Crippen molar-refractivity contribution >= 4 is 0 Å². The fourth-order valence-corrected chi connectivity index (χ4v) is 1.88. The van der Waals surface area contributed by atoms with E-state index in [0.717, 1.165) is 25.6 Å². The monoisotopic (exact) mass is 229 g/mol. The average molecular weight is 229 g/mol. The van der Waals surface area contributed by atoms with Crippen molar-refractivity contribution in [1.82, 2.24) is 9.80 Å². The van der Waals surface area contributed by atoms with Gasteiger partial charge in [0.05, 0.1) is 0 Å². The first kappa shape index (κ1) is 15.9. The fraction of sp³-hybridized carbons (Fsp3) is 1.00. The molecule has 0 fully saturated rings. The summed E-state index contributed by atoms with van der Waals surface area (Å²) in [6.07, 6.45) is 2.50. The summed E-state index contributed by atoms with van der Waals surface area (Å²) in [5.74, 6) is 1.46. The first-order valence-electron chi connectivity index (χ1n) is 6.49. The third kappa shape index (κ3) is 9.13. The molecule has 0 aromatic carbocycles. The maximum Gasteiger partial charge on any atom is 0.0106 e. The van der Waals surface area contributed by atoms with Crippen LogP contribution >= 0.6 is 0 Å². The Labute approximate surface area is 102 Å². The van der Waals surface area contributed by atoms with Crippen molar-refractivity contribution in [2.45, 2.75) is 26.7 Å². The first-order chi connectivity index (χ1) is 7.45. The molecule has 16 heavy (non-hydrogen) atoms. The molecule has 3 nitrogen and oxygen atoms in total. The van der Waals surface area contributed by atoms with Gasteiger partial charge in [0.15, 0.2) is 0 Å². The normalized spacial score (nSPS) is 14.1. The maximum atomic E-state index is 5.80. The van der Waals surface area contributed by atoms with E-state index in [1.165, 1.54) is 19.4 Å². The van der Waals surface area contributed by atoms with E-state index >= 15 is 0 Å². The molecule has 1 atom stereocenters.